The lowest BCUT2D eigenvalue weighted by atomic mass is 10.1. The molecule has 0 aliphatic rings. The van der Waals surface area contributed by atoms with Crippen LogP contribution in [0.15, 0.2) is 30.3 Å². The number of amides is 4. The lowest BCUT2D eigenvalue weighted by molar-refractivity contribution is -0.130. The average molecular weight is 480 g/mol. The van der Waals surface area contributed by atoms with Gasteiger partial charge >= 0.3 is 0 Å². The number of ether oxygens (including phenoxy) is 2. The fourth-order valence-electron chi connectivity index (χ4n) is 2.77. The van der Waals surface area contributed by atoms with Gasteiger partial charge in [0.25, 0.3) is 0 Å². The van der Waals surface area contributed by atoms with Gasteiger partial charge in [0.15, 0.2) is 0 Å². The van der Waals surface area contributed by atoms with Crippen molar-refractivity contribution >= 4 is 23.6 Å². The summed E-state index contributed by atoms with van der Waals surface area (Å²) < 4.78 is 10.6. The molecule has 1 atom stereocenters. The maximum atomic E-state index is 12.3. The molecular formula is C23H37N5O6. The monoisotopic (exact) mass is 479 g/mol. The molecule has 5 N–H and O–H groups in total. The van der Waals surface area contributed by atoms with E-state index in [9.17, 15) is 19.2 Å². The number of hydrogen-bond acceptors (Lipinski definition) is 7. The van der Waals surface area contributed by atoms with Crippen molar-refractivity contribution in [2.75, 3.05) is 59.7 Å². The zero-order valence-corrected chi connectivity index (χ0v) is 20.0. The Morgan fingerprint density at radius 2 is 1.47 bits per heavy atom. The normalized spacial score (nSPS) is 11.4. The molecule has 4 amide bonds. The Morgan fingerprint density at radius 3 is 2.15 bits per heavy atom. The molecule has 190 valence electrons. The van der Waals surface area contributed by atoms with E-state index in [1.807, 2.05) is 37.4 Å². The van der Waals surface area contributed by atoms with Crippen molar-refractivity contribution in [3.05, 3.63) is 35.9 Å². The second-order valence-corrected chi connectivity index (χ2v) is 7.34. The van der Waals surface area contributed by atoms with E-state index in [4.69, 9.17) is 9.47 Å². The highest BCUT2D eigenvalue weighted by molar-refractivity contribution is 5.91. The van der Waals surface area contributed by atoms with Crippen LogP contribution in [-0.4, -0.2) is 89.3 Å². The fourth-order valence-corrected chi connectivity index (χ4v) is 2.77. The minimum Gasteiger partial charge on any atom is -0.379 e. The number of carbonyl (C=O) groups excluding carboxylic acids is 4. The molecule has 1 aromatic carbocycles. The van der Waals surface area contributed by atoms with Gasteiger partial charge in [-0.1, -0.05) is 30.3 Å². The summed E-state index contributed by atoms with van der Waals surface area (Å²) in [6.07, 6.45) is 0.435. The molecule has 0 aromatic heterocycles. The summed E-state index contributed by atoms with van der Waals surface area (Å²) in [4.78, 5) is 48.3. The van der Waals surface area contributed by atoms with Gasteiger partial charge in [-0.15, -0.1) is 0 Å². The van der Waals surface area contributed by atoms with Crippen LogP contribution in [0.2, 0.25) is 0 Å². The van der Waals surface area contributed by atoms with Crippen molar-refractivity contribution in [1.82, 2.24) is 26.6 Å². The van der Waals surface area contributed by atoms with Crippen LogP contribution < -0.4 is 26.6 Å². The van der Waals surface area contributed by atoms with Gasteiger partial charge in [0.05, 0.1) is 39.5 Å². The van der Waals surface area contributed by atoms with Gasteiger partial charge in [0.2, 0.25) is 23.6 Å². The third-order valence-corrected chi connectivity index (χ3v) is 4.52. The topological polar surface area (TPSA) is 147 Å². The minimum absolute atomic E-state index is 0.109. The maximum absolute atomic E-state index is 12.3. The van der Waals surface area contributed by atoms with Crippen LogP contribution >= 0.6 is 0 Å². The van der Waals surface area contributed by atoms with Crippen LogP contribution in [0.3, 0.4) is 0 Å². The van der Waals surface area contributed by atoms with E-state index in [1.54, 1.807) is 6.92 Å². The van der Waals surface area contributed by atoms with E-state index < -0.39 is 17.9 Å². The van der Waals surface area contributed by atoms with Gasteiger partial charge in [0, 0.05) is 25.9 Å². The molecule has 11 heteroatoms. The first-order valence-corrected chi connectivity index (χ1v) is 11.4. The first kappa shape index (κ1) is 29.0. The first-order valence-electron chi connectivity index (χ1n) is 11.4. The number of benzene rings is 1. The average Bonchev–Trinajstić information content (AvgIpc) is 2.83. The predicted octanol–water partition coefficient (Wildman–Crippen LogP) is -1.27. The van der Waals surface area contributed by atoms with Crippen molar-refractivity contribution in [3.8, 4) is 0 Å². The summed E-state index contributed by atoms with van der Waals surface area (Å²) >= 11 is 0. The number of likely N-dealkylation sites (N-methyl/N-ethyl adjacent to an activating group) is 2. The molecule has 0 bridgehead atoms. The SMILES string of the molecule is CCNC(=O)C(Cc1ccccc1)NC(=O)CNC(=O)CNC(=O)CCOCCOCCNC. The molecule has 1 aromatic rings. The number of nitrogens with one attached hydrogen (secondary N) is 5. The van der Waals surface area contributed by atoms with Gasteiger partial charge in [-0.2, -0.15) is 0 Å². The Hall–Kier alpha value is -3.02. The molecule has 1 rings (SSSR count). The highest BCUT2D eigenvalue weighted by atomic mass is 16.5. The van der Waals surface area contributed by atoms with E-state index in [-0.39, 0.29) is 37.9 Å². The van der Waals surface area contributed by atoms with Gasteiger partial charge in [0.1, 0.15) is 6.04 Å². The quantitative estimate of drug-likeness (QED) is 0.165. The molecule has 11 nitrogen and oxygen atoms in total. The van der Waals surface area contributed by atoms with E-state index in [2.05, 4.69) is 26.6 Å². The fraction of sp³-hybridized carbons (Fsp3) is 0.565. The largest absolute Gasteiger partial charge is 0.379 e. The van der Waals surface area contributed by atoms with Crippen molar-refractivity contribution in [3.63, 3.8) is 0 Å². The zero-order valence-electron chi connectivity index (χ0n) is 20.0. The summed E-state index contributed by atoms with van der Waals surface area (Å²) in [6.45, 7) is 4.05. The van der Waals surface area contributed by atoms with E-state index in [1.165, 1.54) is 0 Å². The molecule has 0 fully saturated rings. The van der Waals surface area contributed by atoms with Gasteiger partial charge in [-0.3, -0.25) is 19.2 Å². The Bertz CT molecular complexity index is 747. The highest BCUT2D eigenvalue weighted by Gasteiger charge is 2.21. The molecule has 0 saturated heterocycles. The molecule has 0 saturated carbocycles. The molecule has 0 heterocycles. The third-order valence-electron chi connectivity index (χ3n) is 4.52. The van der Waals surface area contributed by atoms with Crippen LogP contribution in [0, 0.1) is 0 Å². The summed E-state index contributed by atoms with van der Waals surface area (Å²) in [5.41, 5.74) is 0.899. The summed E-state index contributed by atoms with van der Waals surface area (Å²) in [6, 6.07) is 8.55. The predicted molar refractivity (Wildman–Crippen MR) is 127 cm³/mol. The number of rotatable bonds is 18. The second-order valence-electron chi connectivity index (χ2n) is 7.34. The van der Waals surface area contributed by atoms with Crippen LogP contribution in [0.1, 0.15) is 18.9 Å². The summed E-state index contributed by atoms with van der Waals surface area (Å²) in [7, 11) is 1.84. The van der Waals surface area contributed by atoms with Crippen LogP contribution in [-0.2, 0) is 35.1 Å². The number of carbonyl (C=O) groups is 4. The summed E-state index contributed by atoms with van der Waals surface area (Å²) in [5.74, 6) is -1.66. The Balaban J connectivity index is 2.25. The number of hydrogen-bond donors (Lipinski definition) is 5. The molecule has 0 spiro atoms. The van der Waals surface area contributed by atoms with E-state index in [0.717, 1.165) is 12.1 Å². The molecule has 0 aliphatic carbocycles. The molecule has 0 aliphatic heterocycles. The van der Waals surface area contributed by atoms with Crippen LogP contribution in [0.5, 0.6) is 0 Å². The highest BCUT2D eigenvalue weighted by Crippen LogP contribution is 2.03. The first-order chi connectivity index (χ1) is 16.5. The Morgan fingerprint density at radius 1 is 0.824 bits per heavy atom. The van der Waals surface area contributed by atoms with Crippen molar-refractivity contribution < 1.29 is 28.7 Å². The zero-order chi connectivity index (χ0) is 25.0. The Kier molecular flexibility index (Phi) is 15.7. The van der Waals surface area contributed by atoms with Crippen molar-refractivity contribution in [2.45, 2.75) is 25.8 Å². The van der Waals surface area contributed by atoms with Gasteiger partial charge in [-0.05, 0) is 19.5 Å². The lowest BCUT2D eigenvalue weighted by Gasteiger charge is -2.18. The minimum atomic E-state index is -0.764. The third kappa shape index (κ3) is 14.2. The van der Waals surface area contributed by atoms with Gasteiger partial charge < -0.3 is 36.1 Å². The second kappa shape index (κ2) is 18.4. The molecule has 0 radical (unpaired) electrons. The van der Waals surface area contributed by atoms with Crippen molar-refractivity contribution in [2.24, 2.45) is 0 Å². The molecule has 34 heavy (non-hydrogen) atoms. The van der Waals surface area contributed by atoms with Crippen molar-refractivity contribution in [1.29, 1.82) is 0 Å². The lowest BCUT2D eigenvalue weighted by Crippen LogP contribution is -2.51. The van der Waals surface area contributed by atoms with Crippen LogP contribution in [0.25, 0.3) is 0 Å². The standard InChI is InChI=1S/C23H37N5O6/c1-3-25-23(32)19(15-18-7-5-4-6-8-18)28-22(31)17-27-21(30)16-26-20(29)9-11-33-13-14-34-12-10-24-2/h4-8,19,24H,3,9-17H2,1-2H3,(H,25,32)(H,26,29)(H,27,30)(H,28,31). The molecular weight excluding hydrogens is 442 g/mol. The smallest absolute Gasteiger partial charge is 0.242 e. The molecule has 1 unspecified atom stereocenters. The maximum Gasteiger partial charge on any atom is 0.242 e. The van der Waals surface area contributed by atoms with Gasteiger partial charge in [-0.25, -0.2) is 0 Å². The van der Waals surface area contributed by atoms with E-state index >= 15 is 0 Å². The van der Waals surface area contributed by atoms with Crippen LogP contribution in [0.4, 0.5) is 0 Å². The van der Waals surface area contributed by atoms with E-state index in [0.29, 0.717) is 32.8 Å². The Labute approximate surface area is 200 Å². The summed E-state index contributed by atoms with van der Waals surface area (Å²) in [5, 5.41) is 13.2.